The molecule has 0 bridgehead atoms. The number of ether oxygens (including phenoxy) is 2. The number of nitrogens with one attached hydrogen (secondary N) is 1. The Morgan fingerprint density at radius 1 is 1.44 bits per heavy atom. The summed E-state index contributed by atoms with van der Waals surface area (Å²) < 4.78 is 41.0. The van der Waals surface area contributed by atoms with Crippen molar-refractivity contribution in [3.63, 3.8) is 0 Å². The van der Waals surface area contributed by atoms with Crippen molar-refractivity contribution in [1.82, 2.24) is 5.32 Å². The van der Waals surface area contributed by atoms with Crippen LogP contribution in [0, 0.1) is 5.82 Å². The quantitative estimate of drug-likeness (QED) is 0.872. The fourth-order valence-electron chi connectivity index (χ4n) is 3.10. The highest BCUT2D eigenvalue weighted by molar-refractivity contribution is 5.70. The van der Waals surface area contributed by atoms with Gasteiger partial charge in [0.25, 0.3) is 0 Å². The van der Waals surface area contributed by atoms with Crippen molar-refractivity contribution in [2.24, 2.45) is 0 Å². The number of aliphatic hydroxyl groups excluding tert-OH is 1. The van der Waals surface area contributed by atoms with E-state index in [2.05, 4.69) is 5.32 Å². The number of hydrogen-bond acceptors (Lipinski definition) is 4. The lowest BCUT2D eigenvalue weighted by atomic mass is 9.72. The van der Waals surface area contributed by atoms with Gasteiger partial charge in [-0.05, 0) is 33.8 Å². The molecule has 1 aliphatic heterocycles. The van der Waals surface area contributed by atoms with E-state index in [1.54, 1.807) is 27.7 Å². The van der Waals surface area contributed by atoms with E-state index in [1.165, 1.54) is 24.3 Å². The van der Waals surface area contributed by atoms with Crippen molar-refractivity contribution in [3.8, 4) is 0 Å². The van der Waals surface area contributed by atoms with Gasteiger partial charge in [-0.1, -0.05) is 18.2 Å². The Hall–Kier alpha value is -1.73. The first-order valence-corrected chi connectivity index (χ1v) is 8.20. The van der Waals surface area contributed by atoms with Gasteiger partial charge in [0.1, 0.15) is 17.0 Å². The van der Waals surface area contributed by atoms with Gasteiger partial charge in [0.05, 0.1) is 19.3 Å². The average Bonchev–Trinajstić information content (AvgIpc) is 2.49. The van der Waals surface area contributed by atoms with Gasteiger partial charge in [0, 0.05) is 12.0 Å². The summed E-state index contributed by atoms with van der Waals surface area (Å²) in [5, 5.41) is 12.2. The Balaban J connectivity index is 2.52. The van der Waals surface area contributed by atoms with Crippen LogP contribution in [-0.2, 0) is 15.0 Å². The second kappa shape index (κ2) is 6.88. The molecule has 140 valence electrons. The minimum atomic E-state index is -2.32. The van der Waals surface area contributed by atoms with E-state index in [9.17, 15) is 14.3 Å². The van der Waals surface area contributed by atoms with Gasteiger partial charge >= 0.3 is 6.09 Å². The first-order valence-electron chi connectivity index (χ1n) is 8.20. The summed E-state index contributed by atoms with van der Waals surface area (Å²) in [6.45, 7) is 5.42. The molecule has 1 amide bonds. The second-order valence-electron chi connectivity index (χ2n) is 7.46. The van der Waals surface area contributed by atoms with E-state index in [1.807, 2.05) is 0 Å². The fraction of sp³-hybridized carbons (Fsp3) is 0.611. The van der Waals surface area contributed by atoms with Gasteiger partial charge in [0.2, 0.25) is 0 Å². The van der Waals surface area contributed by atoms with E-state index in [-0.39, 0.29) is 18.6 Å². The summed E-state index contributed by atoms with van der Waals surface area (Å²) in [6.07, 6.45) is -1.60. The van der Waals surface area contributed by atoms with Crippen LogP contribution in [0.5, 0.6) is 0 Å². The highest BCUT2D eigenvalue weighted by Gasteiger charge is 2.59. The molecule has 1 aliphatic rings. The SMILES string of the molecule is C[C@H]1C[C@@](F)(CO)[C@](NC(=O)OC(C)(C)C)(c2ccccc2F)CO1. The number of alkyl carbamates (subject to hydrolysis) is 1. The molecular formula is C18H25F2NO4. The molecule has 0 radical (unpaired) electrons. The van der Waals surface area contributed by atoms with Crippen molar-refractivity contribution in [2.75, 3.05) is 13.2 Å². The Kier molecular flexibility index (Phi) is 5.39. The predicted molar refractivity (Wildman–Crippen MR) is 88.4 cm³/mol. The van der Waals surface area contributed by atoms with E-state index in [0.29, 0.717) is 0 Å². The average molecular weight is 357 g/mol. The third kappa shape index (κ3) is 3.93. The third-order valence-corrected chi connectivity index (χ3v) is 4.26. The minimum absolute atomic E-state index is 0.0932. The molecule has 1 fully saturated rings. The molecule has 0 spiro atoms. The Morgan fingerprint density at radius 3 is 2.64 bits per heavy atom. The molecule has 1 heterocycles. The van der Waals surface area contributed by atoms with Gasteiger partial charge in [-0.25, -0.2) is 13.6 Å². The number of benzene rings is 1. The van der Waals surface area contributed by atoms with E-state index in [0.717, 1.165) is 0 Å². The number of rotatable bonds is 3. The number of carbonyl (C=O) groups excluding carboxylic acids is 1. The fourth-order valence-corrected chi connectivity index (χ4v) is 3.10. The Labute approximate surface area is 146 Å². The van der Waals surface area contributed by atoms with E-state index < -0.39 is 41.4 Å². The summed E-state index contributed by atoms with van der Waals surface area (Å²) in [4.78, 5) is 12.3. The van der Waals surface area contributed by atoms with Crippen molar-refractivity contribution in [1.29, 1.82) is 0 Å². The molecule has 3 atom stereocenters. The summed E-state index contributed by atoms with van der Waals surface area (Å²) in [5.74, 6) is -0.702. The lowest BCUT2D eigenvalue weighted by Crippen LogP contribution is -2.68. The molecule has 0 aromatic heterocycles. The van der Waals surface area contributed by atoms with Gasteiger partial charge in [-0.2, -0.15) is 0 Å². The maximum atomic E-state index is 15.8. The molecule has 1 saturated heterocycles. The molecule has 2 N–H and O–H groups in total. The summed E-state index contributed by atoms with van der Waals surface area (Å²) >= 11 is 0. The van der Waals surface area contributed by atoms with Crippen LogP contribution in [0.1, 0.15) is 39.7 Å². The van der Waals surface area contributed by atoms with Crippen molar-refractivity contribution < 1.29 is 28.2 Å². The first kappa shape index (κ1) is 19.6. The molecule has 2 rings (SSSR count). The predicted octanol–water partition coefficient (Wildman–Crippen LogP) is 3.06. The zero-order valence-electron chi connectivity index (χ0n) is 14.9. The van der Waals surface area contributed by atoms with E-state index >= 15 is 4.39 Å². The van der Waals surface area contributed by atoms with Crippen molar-refractivity contribution in [2.45, 2.75) is 57.0 Å². The van der Waals surface area contributed by atoms with Crippen LogP contribution >= 0.6 is 0 Å². The minimum Gasteiger partial charge on any atom is -0.444 e. The number of alkyl halides is 1. The van der Waals surface area contributed by atoms with Gasteiger partial charge < -0.3 is 19.9 Å². The smallest absolute Gasteiger partial charge is 0.408 e. The third-order valence-electron chi connectivity index (χ3n) is 4.26. The van der Waals surface area contributed by atoms with Gasteiger partial charge in [-0.3, -0.25) is 0 Å². The molecule has 1 aromatic rings. The molecule has 25 heavy (non-hydrogen) atoms. The summed E-state index contributed by atoms with van der Waals surface area (Å²) in [7, 11) is 0. The normalized spacial score (nSPS) is 30.0. The maximum Gasteiger partial charge on any atom is 0.408 e. The van der Waals surface area contributed by atoms with Crippen LogP contribution in [0.15, 0.2) is 24.3 Å². The Morgan fingerprint density at radius 2 is 2.08 bits per heavy atom. The molecule has 7 heteroatoms. The van der Waals surface area contributed by atoms with Crippen LogP contribution in [0.3, 0.4) is 0 Å². The molecule has 0 saturated carbocycles. The lowest BCUT2D eigenvalue weighted by Gasteiger charge is -2.49. The molecule has 0 aliphatic carbocycles. The highest BCUT2D eigenvalue weighted by atomic mass is 19.1. The molecule has 1 aromatic carbocycles. The second-order valence-corrected chi connectivity index (χ2v) is 7.46. The van der Waals surface area contributed by atoms with Crippen molar-refractivity contribution >= 4 is 6.09 Å². The van der Waals surface area contributed by atoms with Crippen LogP contribution < -0.4 is 5.32 Å². The number of amides is 1. The first-order chi connectivity index (χ1) is 11.5. The van der Waals surface area contributed by atoms with Crippen LogP contribution in [0.25, 0.3) is 0 Å². The number of hydrogen-bond donors (Lipinski definition) is 2. The number of halogens is 2. The maximum absolute atomic E-state index is 15.8. The van der Waals surface area contributed by atoms with Crippen LogP contribution in [-0.4, -0.2) is 41.8 Å². The largest absolute Gasteiger partial charge is 0.444 e. The van der Waals surface area contributed by atoms with Gasteiger partial charge in [-0.15, -0.1) is 0 Å². The topological polar surface area (TPSA) is 67.8 Å². The monoisotopic (exact) mass is 357 g/mol. The molecule has 0 unspecified atom stereocenters. The van der Waals surface area contributed by atoms with Gasteiger partial charge in [0.15, 0.2) is 5.67 Å². The van der Waals surface area contributed by atoms with Crippen molar-refractivity contribution in [3.05, 3.63) is 35.6 Å². The summed E-state index contributed by atoms with van der Waals surface area (Å²) in [6, 6.07) is 5.54. The zero-order valence-corrected chi connectivity index (χ0v) is 14.9. The lowest BCUT2D eigenvalue weighted by molar-refractivity contribution is -0.148. The summed E-state index contributed by atoms with van der Waals surface area (Å²) in [5.41, 5.74) is -5.13. The molecule has 5 nitrogen and oxygen atoms in total. The number of carbonyl (C=O) groups is 1. The van der Waals surface area contributed by atoms with Crippen LogP contribution in [0.4, 0.5) is 13.6 Å². The molecular weight excluding hydrogens is 332 g/mol. The number of aliphatic hydroxyl groups is 1. The van der Waals surface area contributed by atoms with E-state index in [4.69, 9.17) is 9.47 Å². The standard InChI is InChI=1S/C18H25F2NO4/c1-12-9-17(20,10-22)18(11-24-12,13-7-5-6-8-14(13)19)21-15(23)25-16(2,3)4/h5-8,12,22H,9-11H2,1-4H3,(H,21,23)/t12-,17+,18+/m0/s1. The zero-order chi connectivity index (χ0) is 18.9. The van der Waals surface area contributed by atoms with Crippen LogP contribution in [0.2, 0.25) is 0 Å². The highest BCUT2D eigenvalue weighted by Crippen LogP contribution is 2.44. The Bertz CT molecular complexity index is 634.